The van der Waals surface area contributed by atoms with Gasteiger partial charge in [-0.25, -0.2) is 4.79 Å². The van der Waals surface area contributed by atoms with E-state index in [4.69, 9.17) is 14.6 Å². The molecule has 0 aliphatic heterocycles. The van der Waals surface area contributed by atoms with E-state index in [1.54, 1.807) is 17.2 Å². The van der Waals surface area contributed by atoms with E-state index in [1.807, 2.05) is 48.5 Å². The van der Waals surface area contributed by atoms with Gasteiger partial charge in [0.2, 0.25) is 0 Å². The second kappa shape index (κ2) is 9.73. The Morgan fingerprint density at radius 3 is 1.89 bits per heavy atom. The smallest absolute Gasteiger partial charge is 0.404 e. The highest BCUT2D eigenvalue weighted by Crippen LogP contribution is 2.35. The topological polar surface area (TPSA) is 98.5 Å². The van der Waals surface area contributed by atoms with Crippen LogP contribution in [0.3, 0.4) is 0 Å². The summed E-state index contributed by atoms with van der Waals surface area (Å²) in [5.74, 6) is 2.30. The van der Waals surface area contributed by atoms with Gasteiger partial charge < -0.3 is 19.9 Å². The molecule has 3 aromatic carbocycles. The van der Waals surface area contributed by atoms with Crippen LogP contribution in [-0.4, -0.2) is 38.3 Å². The third kappa shape index (κ3) is 5.17. The average molecular weight is 485 g/mol. The van der Waals surface area contributed by atoms with Crippen LogP contribution in [-0.2, 0) is 5.41 Å². The minimum Gasteiger partial charge on any atom is -0.490 e. The number of amides is 1. The second-order valence-electron chi connectivity index (χ2n) is 9.45. The Morgan fingerprint density at radius 1 is 0.861 bits per heavy atom. The standard InChI is InChI=1S/C28H28N4O4/c1-28(2,20-5-11-24(12-6-20)36-26-17-21(18-26)31-27(33)34)19-3-9-23(10-4-19)35-25-13-7-22(8-14-25)32-29-15-16-30-32/h3-16,21,26,31H,17-18H2,1-2H3,(H,33,34). The summed E-state index contributed by atoms with van der Waals surface area (Å²) in [6.07, 6.45) is 3.74. The lowest BCUT2D eigenvalue weighted by molar-refractivity contribution is 0.0833. The molecule has 2 N–H and O–H groups in total. The monoisotopic (exact) mass is 484 g/mol. The van der Waals surface area contributed by atoms with Gasteiger partial charge in [0.05, 0.1) is 18.1 Å². The van der Waals surface area contributed by atoms with E-state index in [1.165, 1.54) is 11.1 Å². The Bertz CT molecular complexity index is 1300. The minimum absolute atomic E-state index is 0.0172. The van der Waals surface area contributed by atoms with Crippen LogP contribution in [0.4, 0.5) is 4.79 Å². The minimum atomic E-state index is -0.984. The van der Waals surface area contributed by atoms with E-state index < -0.39 is 6.09 Å². The lowest BCUT2D eigenvalue weighted by atomic mass is 9.78. The Balaban J connectivity index is 1.19. The molecular weight excluding hydrogens is 456 g/mol. The number of aromatic nitrogens is 3. The molecular formula is C28H28N4O4. The fourth-order valence-corrected chi connectivity index (χ4v) is 4.34. The van der Waals surface area contributed by atoms with E-state index in [2.05, 4.69) is 53.6 Å². The first-order valence-corrected chi connectivity index (χ1v) is 11.9. The highest BCUT2D eigenvalue weighted by Gasteiger charge is 2.32. The summed E-state index contributed by atoms with van der Waals surface area (Å²) in [6.45, 7) is 4.38. The molecule has 8 nitrogen and oxygen atoms in total. The van der Waals surface area contributed by atoms with Gasteiger partial charge in [-0.05, 0) is 59.7 Å². The number of nitrogens with zero attached hydrogens (tertiary/aromatic N) is 3. The van der Waals surface area contributed by atoms with Gasteiger partial charge in [0.25, 0.3) is 0 Å². The quantitative estimate of drug-likeness (QED) is 0.340. The van der Waals surface area contributed by atoms with Gasteiger partial charge >= 0.3 is 6.09 Å². The fraction of sp³-hybridized carbons (Fsp3) is 0.250. The maximum absolute atomic E-state index is 10.7. The summed E-state index contributed by atoms with van der Waals surface area (Å²) >= 11 is 0. The largest absolute Gasteiger partial charge is 0.490 e. The van der Waals surface area contributed by atoms with Gasteiger partial charge in [0.1, 0.15) is 23.4 Å². The third-order valence-corrected chi connectivity index (χ3v) is 6.60. The molecule has 1 saturated carbocycles. The predicted molar refractivity (Wildman–Crippen MR) is 135 cm³/mol. The van der Waals surface area contributed by atoms with Crippen molar-refractivity contribution in [2.75, 3.05) is 0 Å². The third-order valence-electron chi connectivity index (χ3n) is 6.60. The lowest BCUT2D eigenvalue weighted by Crippen LogP contribution is -2.48. The molecule has 4 aromatic rings. The van der Waals surface area contributed by atoms with Crippen molar-refractivity contribution >= 4 is 6.09 Å². The van der Waals surface area contributed by atoms with Crippen LogP contribution in [0.5, 0.6) is 17.2 Å². The van der Waals surface area contributed by atoms with E-state index in [9.17, 15) is 4.79 Å². The number of nitrogens with one attached hydrogen (secondary N) is 1. The summed E-state index contributed by atoms with van der Waals surface area (Å²) in [7, 11) is 0. The van der Waals surface area contributed by atoms with Crippen molar-refractivity contribution in [2.45, 2.75) is 44.2 Å². The van der Waals surface area contributed by atoms with Crippen LogP contribution in [0, 0.1) is 0 Å². The van der Waals surface area contributed by atoms with Crippen LogP contribution >= 0.6 is 0 Å². The molecule has 0 saturated heterocycles. The number of ether oxygens (including phenoxy) is 2. The SMILES string of the molecule is CC(C)(c1ccc(Oc2ccc(-n3nccn3)cc2)cc1)c1ccc(OC2CC(NC(=O)O)C2)cc1. The van der Waals surface area contributed by atoms with E-state index >= 15 is 0 Å². The maximum atomic E-state index is 10.7. The van der Waals surface area contributed by atoms with Crippen molar-refractivity contribution in [1.82, 2.24) is 20.3 Å². The summed E-state index contributed by atoms with van der Waals surface area (Å²) in [5.41, 5.74) is 3.01. The molecule has 1 heterocycles. The number of benzene rings is 3. The molecule has 0 bridgehead atoms. The predicted octanol–water partition coefficient (Wildman–Crippen LogP) is 5.56. The van der Waals surface area contributed by atoms with Crippen LogP contribution in [0.15, 0.2) is 85.2 Å². The maximum Gasteiger partial charge on any atom is 0.404 e. The normalized spacial score (nSPS) is 17.2. The zero-order valence-electron chi connectivity index (χ0n) is 20.2. The number of hydrogen-bond acceptors (Lipinski definition) is 5. The first kappa shape index (κ1) is 23.4. The van der Waals surface area contributed by atoms with Crippen molar-refractivity contribution in [3.8, 4) is 22.9 Å². The zero-order valence-corrected chi connectivity index (χ0v) is 20.2. The summed E-state index contributed by atoms with van der Waals surface area (Å²) < 4.78 is 12.0. The van der Waals surface area contributed by atoms with Crippen LogP contribution < -0.4 is 14.8 Å². The van der Waals surface area contributed by atoms with Gasteiger partial charge in [-0.2, -0.15) is 15.0 Å². The average Bonchev–Trinajstić information content (AvgIpc) is 3.39. The van der Waals surface area contributed by atoms with Crippen molar-refractivity contribution in [3.63, 3.8) is 0 Å². The van der Waals surface area contributed by atoms with E-state index in [0.29, 0.717) is 12.8 Å². The highest BCUT2D eigenvalue weighted by molar-refractivity contribution is 5.65. The van der Waals surface area contributed by atoms with Crippen molar-refractivity contribution in [2.24, 2.45) is 0 Å². The van der Waals surface area contributed by atoms with Gasteiger partial charge in [0.15, 0.2) is 0 Å². The van der Waals surface area contributed by atoms with Crippen LogP contribution in [0.25, 0.3) is 5.69 Å². The molecule has 1 amide bonds. The van der Waals surface area contributed by atoms with Crippen LogP contribution in [0.1, 0.15) is 37.8 Å². The van der Waals surface area contributed by atoms with Gasteiger partial charge in [0, 0.05) is 24.3 Å². The first-order valence-electron chi connectivity index (χ1n) is 11.9. The molecule has 8 heteroatoms. The number of carbonyl (C=O) groups is 1. The van der Waals surface area contributed by atoms with Gasteiger partial charge in [-0.15, -0.1) is 0 Å². The molecule has 0 spiro atoms. The Hall–Kier alpha value is -4.33. The van der Waals surface area contributed by atoms with E-state index in [-0.39, 0.29) is 17.6 Å². The van der Waals surface area contributed by atoms with E-state index in [0.717, 1.165) is 22.9 Å². The van der Waals surface area contributed by atoms with Crippen molar-refractivity contribution in [1.29, 1.82) is 0 Å². The van der Waals surface area contributed by atoms with Gasteiger partial charge in [-0.3, -0.25) is 0 Å². The number of hydrogen-bond donors (Lipinski definition) is 2. The molecule has 1 aliphatic rings. The van der Waals surface area contributed by atoms with Crippen LogP contribution in [0.2, 0.25) is 0 Å². The highest BCUT2D eigenvalue weighted by atomic mass is 16.5. The summed E-state index contributed by atoms with van der Waals surface area (Å²) in [6, 6.07) is 23.9. The molecule has 0 atom stereocenters. The molecule has 5 rings (SSSR count). The van der Waals surface area contributed by atoms with Crippen molar-refractivity contribution < 1.29 is 19.4 Å². The zero-order chi connectivity index (χ0) is 25.1. The fourth-order valence-electron chi connectivity index (χ4n) is 4.34. The molecule has 1 aliphatic carbocycles. The molecule has 184 valence electrons. The lowest BCUT2D eigenvalue weighted by Gasteiger charge is -2.35. The number of rotatable bonds is 8. The molecule has 0 unspecified atom stereocenters. The summed E-state index contributed by atoms with van der Waals surface area (Å²) in [4.78, 5) is 12.3. The molecule has 36 heavy (non-hydrogen) atoms. The Labute approximate surface area is 209 Å². The summed E-state index contributed by atoms with van der Waals surface area (Å²) in [5, 5.41) is 19.5. The second-order valence-corrected chi connectivity index (χ2v) is 9.45. The molecule has 1 aromatic heterocycles. The first-order chi connectivity index (χ1) is 17.4. The Kier molecular flexibility index (Phi) is 6.33. The molecule has 0 radical (unpaired) electrons. The molecule has 1 fully saturated rings. The van der Waals surface area contributed by atoms with Gasteiger partial charge in [-0.1, -0.05) is 38.1 Å². The van der Waals surface area contributed by atoms with Crippen molar-refractivity contribution in [3.05, 3.63) is 96.3 Å². The number of carboxylic acid groups (broad SMARTS) is 1. The Morgan fingerprint density at radius 2 is 1.36 bits per heavy atom.